The normalized spacial score (nSPS) is 10.7. The molecule has 0 bridgehead atoms. The lowest BCUT2D eigenvalue weighted by Crippen LogP contribution is -2.15. The summed E-state index contributed by atoms with van der Waals surface area (Å²) in [4.78, 5) is 4.01. The number of pyridine rings is 1. The van der Waals surface area contributed by atoms with Gasteiger partial charge in [0.15, 0.2) is 5.82 Å². The average Bonchev–Trinajstić information content (AvgIpc) is 2.48. The zero-order valence-corrected chi connectivity index (χ0v) is 12.7. The molecule has 21 heavy (non-hydrogen) atoms. The van der Waals surface area contributed by atoms with E-state index in [9.17, 15) is 4.39 Å². The molecule has 1 aromatic carbocycles. The predicted octanol–water partition coefficient (Wildman–Crippen LogP) is 4.13. The molecule has 2 aromatic rings. The van der Waals surface area contributed by atoms with Crippen LogP contribution < -0.4 is 10.1 Å². The molecule has 112 valence electrons. The highest BCUT2D eigenvalue weighted by atomic mass is 19.1. The van der Waals surface area contributed by atoms with Crippen LogP contribution in [0.25, 0.3) is 0 Å². The first-order chi connectivity index (χ1) is 10.1. The van der Waals surface area contributed by atoms with Crippen molar-refractivity contribution in [1.29, 1.82) is 0 Å². The van der Waals surface area contributed by atoms with Gasteiger partial charge in [0, 0.05) is 18.3 Å². The van der Waals surface area contributed by atoms with E-state index in [-0.39, 0.29) is 5.88 Å². The molecule has 2 rings (SSSR count). The van der Waals surface area contributed by atoms with Gasteiger partial charge in [0.1, 0.15) is 5.75 Å². The Balaban J connectivity index is 2.20. The van der Waals surface area contributed by atoms with Gasteiger partial charge < -0.3 is 10.1 Å². The first-order valence-electron chi connectivity index (χ1n) is 7.21. The third kappa shape index (κ3) is 3.79. The van der Waals surface area contributed by atoms with E-state index in [0.29, 0.717) is 17.9 Å². The fourth-order valence-corrected chi connectivity index (χ4v) is 2.01. The number of ether oxygens (including phenoxy) is 1. The maximum atomic E-state index is 14.4. The average molecular weight is 288 g/mol. The van der Waals surface area contributed by atoms with Crippen LogP contribution in [-0.2, 0) is 6.54 Å². The Morgan fingerprint density at radius 1 is 1.24 bits per heavy atom. The third-order valence-corrected chi connectivity index (χ3v) is 3.44. The zero-order chi connectivity index (χ0) is 15.2. The van der Waals surface area contributed by atoms with E-state index < -0.39 is 5.82 Å². The molecular formula is C17H21FN2O. The highest BCUT2D eigenvalue weighted by Crippen LogP contribution is 2.28. The van der Waals surface area contributed by atoms with Crippen LogP contribution in [0.3, 0.4) is 0 Å². The molecule has 0 fully saturated rings. The number of nitrogens with zero attached hydrogens (tertiary/aromatic N) is 1. The zero-order valence-electron chi connectivity index (χ0n) is 12.7. The molecule has 0 spiro atoms. The number of aryl methyl sites for hydroxylation is 1. The van der Waals surface area contributed by atoms with E-state index in [1.807, 2.05) is 32.0 Å². The molecule has 0 aliphatic rings. The minimum atomic E-state index is -0.401. The second kappa shape index (κ2) is 7.18. The summed E-state index contributed by atoms with van der Waals surface area (Å²) in [5.41, 5.74) is 2.67. The number of rotatable bonds is 6. The minimum Gasteiger partial charge on any atom is -0.436 e. The number of hydrogen-bond donors (Lipinski definition) is 1. The van der Waals surface area contributed by atoms with Gasteiger partial charge in [-0.1, -0.05) is 19.1 Å². The van der Waals surface area contributed by atoms with Crippen molar-refractivity contribution >= 4 is 0 Å². The monoisotopic (exact) mass is 288 g/mol. The van der Waals surface area contributed by atoms with Gasteiger partial charge in [-0.3, -0.25) is 0 Å². The third-order valence-electron chi connectivity index (χ3n) is 3.44. The standard InChI is InChI=1S/C17H21FN2O/c1-4-9-19-11-14-8-10-20-17(16(14)18)21-15-7-5-6-12(2)13(15)3/h5-8,10,19H,4,9,11H2,1-3H3. The van der Waals surface area contributed by atoms with Crippen molar-refractivity contribution < 1.29 is 9.13 Å². The van der Waals surface area contributed by atoms with E-state index in [0.717, 1.165) is 24.1 Å². The van der Waals surface area contributed by atoms with Crippen molar-refractivity contribution in [2.24, 2.45) is 0 Å². The second-order valence-corrected chi connectivity index (χ2v) is 5.07. The van der Waals surface area contributed by atoms with Crippen LogP contribution in [0.2, 0.25) is 0 Å². The number of aromatic nitrogens is 1. The number of nitrogens with one attached hydrogen (secondary N) is 1. The Morgan fingerprint density at radius 2 is 2.05 bits per heavy atom. The molecule has 0 aliphatic carbocycles. The smallest absolute Gasteiger partial charge is 0.256 e. The molecule has 0 unspecified atom stereocenters. The van der Waals surface area contributed by atoms with Crippen LogP contribution in [0.5, 0.6) is 11.6 Å². The Bertz CT molecular complexity index is 614. The largest absolute Gasteiger partial charge is 0.436 e. The lowest BCUT2D eigenvalue weighted by molar-refractivity contribution is 0.415. The Kier molecular flexibility index (Phi) is 5.28. The van der Waals surface area contributed by atoms with Crippen LogP contribution in [0.15, 0.2) is 30.5 Å². The summed E-state index contributed by atoms with van der Waals surface area (Å²) in [6.45, 7) is 7.36. The van der Waals surface area contributed by atoms with E-state index in [1.165, 1.54) is 0 Å². The summed E-state index contributed by atoms with van der Waals surface area (Å²) in [7, 11) is 0. The molecule has 0 aliphatic heterocycles. The summed E-state index contributed by atoms with van der Waals surface area (Å²) in [6, 6.07) is 7.39. The first kappa shape index (κ1) is 15.4. The molecule has 1 heterocycles. The van der Waals surface area contributed by atoms with Crippen molar-refractivity contribution in [3.63, 3.8) is 0 Å². The van der Waals surface area contributed by atoms with Crippen molar-refractivity contribution in [2.75, 3.05) is 6.54 Å². The van der Waals surface area contributed by atoms with E-state index >= 15 is 0 Å². The molecule has 4 heteroatoms. The van der Waals surface area contributed by atoms with Crippen LogP contribution in [0, 0.1) is 19.7 Å². The van der Waals surface area contributed by atoms with Gasteiger partial charge in [0.25, 0.3) is 5.88 Å². The number of benzene rings is 1. The minimum absolute atomic E-state index is 0.0273. The summed E-state index contributed by atoms with van der Waals surface area (Å²) in [5.74, 6) is 0.265. The fraction of sp³-hybridized carbons (Fsp3) is 0.353. The van der Waals surface area contributed by atoms with Gasteiger partial charge in [-0.05, 0) is 50.1 Å². The van der Waals surface area contributed by atoms with Gasteiger partial charge in [-0.15, -0.1) is 0 Å². The Hall–Kier alpha value is -1.94. The van der Waals surface area contributed by atoms with Crippen molar-refractivity contribution in [3.8, 4) is 11.6 Å². The van der Waals surface area contributed by atoms with E-state index in [1.54, 1.807) is 12.3 Å². The van der Waals surface area contributed by atoms with Crippen molar-refractivity contribution in [2.45, 2.75) is 33.7 Å². The molecular weight excluding hydrogens is 267 g/mol. The van der Waals surface area contributed by atoms with Crippen molar-refractivity contribution in [1.82, 2.24) is 10.3 Å². The highest BCUT2D eigenvalue weighted by Gasteiger charge is 2.13. The number of hydrogen-bond acceptors (Lipinski definition) is 3. The van der Waals surface area contributed by atoms with Crippen LogP contribution in [0.4, 0.5) is 4.39 Å². The van der Waals surface area contributed by atoms with Gasteiger partial charge in [0.2, 0.25) is 0 Å². The van der Waals surface area contributed by atoms with E-state index in [2.05, 4.69) is 17.2 Å². The molecule has 0 atom stereocenters. The summed E-state index contributed by atoms with van der Waals surface area (Å²) in [6.07, 6.45) is 2.59. The van der Waals surface area contributed by atoms with Crippen LogP contribution >= 0.6 is 0 Å². The molecule has 0 amide bonds. The summed E-state index contributed by atoms with van der Waals surface area (Å²) >= 11 is 0. The van der Waals surface area contributed by atoms with Gasteiger partial charge in [0.05, 0.1) is 0 Å². The lowest BCUT2D eigenvalue weighted by Gasteiger charge is -2.12. The predicted molar refractivity (Wildman–Crippen MR) is 82.2 cm³/mol. The molecule has 1 N–H and O–H groups in total. The van der Waals surface area contributed by atoms with Gasteiger partial charge in [-0.25, -0.2) is 9.37 Å². The topological polar surface area (TPSA) is 34.2 Å². The molecule has 0 saturated carbocycles. The fourth-order valence-electron chi connectivity index (χ4n) is 2.01. The van der Waals surface area contributed by atoms with Gasteiger partial charge >= 0.3 is 0 Å². The molecule has 0 saturated heterocycles. The maximum Gasteiger partial charge on any atom is 0.256 e. The highest BCUT2D eigenvalue weighted by molar-refractivity contribution is 5.40. The Morgan fingerprint density at radius 3 is 2.81 bits per heavy atom. The number of halogens is 1. The second-order valence-electron chi connectivity index (χ2n) is 5.07. The molecule has 1 aromatic heterocycles. The van der Waals surface area contributed by atoms with Crippen molar-refractivity contribution in [3.05, 3.63) is 53.0 Å². The van der Waals surface area contributed by atoms with Crippen LogP contribution in [-0.4, -0.2) is 11.5 Å². The quantitative estimate of drug-likeness (QED) is 0.812. The summed E-state index contributed by atoms with van der Waals surface area (Å²) in [5, 5.41) is 3.18. The molecule has 3 nitrogen and oxygen atoms in total. The Labute approximate surface area is 125 Å². The first-order valence-corrected chi connectivity index (χ1v) is 7.21. The SMILES string of the molecule is CCCNCc1ccnc(Oc2cccc(C)c2C)c1F. The van der Waals surface area contributed by atoms with Gasteiger partial charge in [-0.2, -0.15) is 0 Å². The molecule has 0 radical (unpaired) electrons. The summed E-state index contributed by atoms with van der Waals surface area (Å²) < 4.78 is 20.0. The van der Waals surface area contributed by atoms with E-state index in [4.69, 9.17) is 4.74 Å². The maximum absolute atomic E-state index is 14.4. The lowest BCUT2D eigenvalue weighted by atomic mass is 10.1. The van der Waals surface area contributed by atoms with Crippen LogP contribution in [0.1, 0.15) is 30.0 Å².